The number of hydrogen-bond acceptors (Lipinski definition) is 2. The number of carbonyl (C=O) groups excluding carboxylic acids is 1. The standard InChI is InChI=1S/C19H20O2/c1-21-18-13-12-15(11-10-14-6-3-2-4-7-14)19-16(18)8-5-9-17(19)20/h2-4,6-7,12-13H,5,8-11H2,1H3. The maximum Gasteiger partial charge on any atom is 0.163 e. The molecule has 0 saturated carbocycles. The van der Waals surface area contributed by atoms with Gasteiger partial charge in [-0.15, -0.1) is 0 Å². The summed E-state index contributed by atoms with van der Waals surface area (Å²) >= 11 is 0. The van der Waals surface area contributed by atoms with Crippen LogP contribution in [-0.4, -0.2) is 12.9 Å². The second-order valence-electron chi connectivity index (χ2n) is 5.54. The molecule has 1 aliphatic rings. The third-order valence-electron chi connectivity index (χ3n) is 4.21. The van der Waals surface area contributed by atoms with Gasteiger partial charge in [0.15, 0.2) is 5.78 Å². The number of rotatable bonds is 4. The van der Waals surface area contributed by atoms with Gasteiger partial charge in [-0.25, -0.2) is 0 Å². The van der Waals surface area contributed by atoms with Crippen molar-refractivity contribution in [1.29, 1.82) is 0 Å². The van der Waals surface area contributed by atoms with Gasteiger partial charge in [-0.3, -0.25) is 4.79 Å². The maximum absolute atomic E-state index is 12.3. The van der Waals surface area contributed by atoms with E-state index in [4.69, 9.17) is 4.74 Å². The molecule has 1 aliphatic carbocycles. The van der Waals surface area contributed by atoms with Crippen LogP contribution in [0, 0.1) is 0 Å². The number of ether oxygens (including phenoxy) is 1. The lowest BCUT2D eigenvalue weighted by Crippen LogP contribution is -2.15. The molecule has 108 valence electrons. The van der Waals surface area contributed by atoms with E-state index in [9.17, 15) is 4.79 Å². The van der Waals surface area contributed by atoms with Gasteiger partial charge in [0.05, 0.1) is 7.11 Å². The number of Topliss-reactive ketones (excluding diaryl/α,β-unsaturated/α-hetero) is 1. The second kappa shape index (κ2) is 6.13. The molecule has 0 aromatic heterocycles. The quantitative estimate of drug-likeness (QED) is 0.846. The van der Waals surface area contributed by atoms with Crippen molar-refractivity contribution in [2.75, 3.05) is 7.11 Å². The molecule has 0 heterocycles. The van der Waals surface area contributed by atoms with Crippen LogP contribution in [0.15, 0.2) is 42.5 Å². The molecule has 0 unspecified atom stereocenters. The Bertz CT molecular complexity index is 644. The predicted molar refractivity (Wildman–Crippen MR) is 84.1 cm³/mol. The first-order valence-corrected chi connectivity index (χ1v) is 7.55. The van der Waals surface area contributed by atoms with E-state index >= 15 is 0 Å². The van der Waals surface area contributed by atoms with E-state index in [0.717, 1.165) is 42.6 Å². The lowest BCUT2D eigenvalue weighted by molar-refractivity contribution is 0.0970. The molecule has 0 radical (unpaired) electrons. The van der Waals surface area contributed by atoms with Crippen LogP contribution in [0.5, 0.6) is 5.75 Å². The summed E-state index contributed by atoms with van der Waals surface area (Å²) < 4.78 is 5.43. The fourth-order valence-electron chi connectivity index (χ4n) is 3.15. The van der Waals surface area contributed by atoms with Gasteiger partial charge in [0.2, 0.25) is 0 Å². The highest BCUT2D eigenvalue weighted by Gasteiger charge is 2.23. The number of benzene rings is 2. The van der Waals surface area contributed by atoms with E-state index in [-0.39, 0.29) is 5.78 Å². The third-order valence-corrected chi connectivity index (χ3v) is 4.21. The van der Waals surface area contributed by atoms with E-state index < -0.39 is 0 Å². The number of hydrogen-bond donors (Lipinski definition) is 0. The van der Waals surface area contributed by atoms with Gasteiger partial charge in [0, 0.05) is 17.5 Å². The Balaban J connectivity index is 1.90. The Kier molecular flexibility index (Phi) is 4.05. The lowest BCUT2D eigenvalue weighted by Gasteiger charge is -2.21. The van der Waals surface area contributed by atoms with Crippen LogP contribution in [0.2, 0.25) is 0 Å². The number of carbonyl (C=O) groups is 1. The molecule has 3 rings (SSSR count). The highest BCUT2D eigenvalue weighted by Crippen LogP contribution is 2.32. The van der Waals surface area contributed by atoms with Gasteiger partial charge in [0.25, 0.3) is 0 Å². The van der Waals surface area contributed by atoms with Crippen molar-refractivity contribution in [2.45, 2.75) is 32.1 Å². The van der Waals surface area contributed by atoms with Gasteiger partial charge in [-0.1, -0.05) is 36.4 Å². The summed E-state index contributed by atoms with van der Waals surface area (Å²) in [5.74, 6) is 1.14. The minimum Gasteiger partial charge on any atom is -0.496 e. The highest BCUT2D eigenvalue weighted by molar-refractivity contribution is 6.00. The molecule has 0 saturated heterocycles. The van der Waals surface area contributed by atoms with E-state index in [2.05, 4.69) is 30.3 Å². The summed E-state index contributed by atoms with van der Waals surface area (Å²) in [6.45, 7) is 0. The number of fused-ring (bicyclic) bond motifs is 1. The van der Waals surface area contributed by atoms with E-state index in [1.165, 1.54) is 11.1 Å². The number of aryl methyl sites for hydroxylation is 2. The van der Waals surface area contributed by atoms with Crippen LogP contribution in [0.3, 0.4) is 0 Å². The average Bonchev–Trinajstić information content (AvgIpc) is 2.54. The normalized spacial score (nSPS) is 13.9. The second-order valence-corrected chi connectivity index (χ2v) is 5.54. The van der Waals surface area contributed by atoms with Crippen LogP contribution in [-0.2, 0) is 19.3 Å². The number of ketones is 1. The minimum atomic E-state index is 0.276. The molecular weight excluding hydrogens is 260 g/mol. The van der Waals surface area contributed by atoms with E-state index in [1.807, 2.05) is 12.1 Å². The summed E-state index contributed by atoms with van der Waals surface area (Å²) in [5, 5.41) is 0. The topological polar surface area (TPSA) is 26.3 Å². The number of methoxy groups -OCH3 is 1. The summed E-state index contributed by atoms with van der Waals surface area (Å²) in [4.78, 5) is 12.3. The Morgan fingerprint density at radius 3 is 2.57 bits per heavy atom. The SMILES string of the molecule is COc1ccc(CCc2ccccc2)c2c1CCCC2=O. The summed E-state index contributed by atoms with van der Waals surface area (Å²) in [5.41, 5.74) is 4.51. The van der Waals surface area contributed by atoms with Gasteiger partial charge >= 0.3 is 0 Å². The Morgan fingerprint density at radius 1 is 1.00 bits per heavy atom. The summed E-state index contributed by atoms with van der Waals surface area (Å²) in [7, 11) is 1.68. The van der Waals surface area contributed by atoms with Crippen LogP contribution >= 0.6 is 0 Å². The Morgan fingerprint density at radius 2 is 1.81 bits per heavy atom. The molecule has 2 aromatic rings. The van der Waals surface area contributed by atoms with Crippen molar-refractivity contribution in [2.24, 2.45) is 0 Å². The summed E-state index contributed by atoms with van der Waals surface area (Å²) in [6.07, 6.45) is 4.42. The first kappa shape index (κ1) is 13.9. The molecule has 21 heavy (non-hydrogen) atoms. The first-order chi connectivity index (χ1) is 10.3. The third kappa shape index (κ3) is 2.85. The van der Waals surface area contributed by atoms with Crippen molar-refractivity contribution >= 4 is 5.78 Å². The van der Waals surface area contributed by atoms with Gasteiger partial charge in [-0.2, -0.15) is 0 Å². The molecule has 0 N–H and O–H groups in total. The zero-order valence-electron chi connectivity index (χ0n) is 12.4. The highest BCUT2D eigenvalue weighted by atomic mass is 16.5. The molecule has 0 atom stereocenters. The molecular formula is C19H20O2. The van der Waals surface area contributed by atoms with Gasteiger partial charge < -0.3 is 4.74 Å². The fraction of sp³-hybridized carbons (Fsp3) is 0.316. The van der Waals surface area contributed by atoms with Crippen molar-refractivity contribution in [3.05, 3.63) is 64.7 Å². The Hall–Kier alpha value is -2.09. The zero-order chi connectivity index (χ0) is 14.7. The molecule has 2 heteroatoms. The van der Waals surface area contributed by atoms with Crippen molar-refractivity contribution in [3.8, 4) is 5.75 Å². The zero-order valence-corrected chi connectivity index (χ0v) is 12.4. The van der Waals surface area contributed by atoms with Crippen molar-refractivity contribution in [1.82, 2.24) is 0 Å². The van der Waals surface area contributed by atoms with Crippen LogP contribution < -0.4 is 4.74 Å². The molecule has 2 nitrogen and oxygen atoms in total. The minimum absolute atomic E-state index is 0.276. The molecule has 0 bridgehead atoms. The summed E-state index contributed by atoms with van der Waals surface area (Å²) in [6, 6.07) is 14.5. The maximum atomic E-state index is 12.3. The molecule has 0 spiro atoms. The van der Waals surface area contributed by atoms with Gasteiger partial charge in [0.1, 0.15) is 5.75 Å². The Labute approximate surface area is 125 Å². The predicted octanol–water partition coefficient (Wildman–Crippen LogP) is 4.00. The smallest absolute Gasteiger partial charge is 0.163 e. The van der Waals surface area contributed by atoms with E-state index in [1.54, 1.807) is 7.11 Å². The van der Waals surface area contributed by atoms with E-state index in [0.29, 0.717) is 6.42 Å². The van der Waals surface area contributed by atoms with Crippen LogP contribution in [0.1, 0.15) is 39.9 Å². The fourth-order valence-corrected chi connectivity index (χ4v) is 3.15. The van der Waals surface area contributed by atoms with Crippen LogP contribution in [0.25, 0.3) is 0 Å². The molecule has 0 aliphatic heterocycles. The van der Waals surface area contributed by atoms with Crippen molar-refractivity contribution in [3.63, 3.8) is 0 Å². The van der Waals surface area contributed by atoms with Crippen LogP contribution in [0.4, 0.5) is 0 Å². The first-order valence-electron chi connectivity index (χ1n) is 7.55. The largest absolute Gasteiger partial charge is 0.496 e. The van der Waals surface area contributed by atoms with Crippen molar-refractivity contribution < 1.29 is 9.53 Å². The molecule has 0 amide bonds. The molecule has 2 aromatic carbocycles. The van der Waals surface area contributed by atoms with Gasteiger partial charge in [-0.05, 0) is 42.9 Å². The monoisotopic (exact) mass is 280 g/mol. The lowest BCUT2D eigenvalue weighted by atomic mass is 9.85. The average molecular weight is 280 g/mol. The molecule has 0 fully saturated rings.